The Morgan fingerprint density at radius 2 is 1.32 bits per heavy atom. The molecule has 0 aliphatic carbocycles. The smallest absolute Gasteiger partial charge is 0.341 e. The lowest BCUT2D eigenvalue weighted by atomic mass is 10.1. The lowest BCUT2D eigenvalue weighted by molar-refractivity contribution is -0.126. The van der Waals surface area contributed by atoms with E-state index in [9.17, 15) is 19.5 Å². The van der Waals surface area contributed by atoms with E-state index >= 15 is 0 Å². The maximum Gasteiger partial charge on any atom is 0.341 e. The number of hydrogen-bond donors (Lipinski definition) is 3. The van der Waals surface area contributed by atoms with Crippen molar-refractivity contribution in [1.82, 2.24) is 5.32 Å². The molecule has 0 heterocycles. The van der Waals surface area contributed by atoms with Crippen molar-refractivity contribution < 1.29 is 24.2 Å². The first-order chi connectivity index (χ1) is 19.4. The van der Waals surface area contributed by atoms with Gasteiger partial charge in [-0.25, -0.2) is 4.79 Å². The Hall–Kier alpha value is -4.13. The van der Waals surface area contributed by atoms with Crippen LogP contribution < -0.4 is 10.6 Å². The van der Waals surface area contributed by atoms with E-state index in [4.69, 9.17) is 0 Å². The van der Waals surface area contributed by atoms with E-state index in [1.165, 1.54) is 25.3 Å². The molecule has 0 aliphatic rings. The van der Waals surface area contributed by atoms with E-state index in [0.717, 1.165) is 38.5 Å². The number of carbonyl (C=O) groups is 3. The molecule has 0 aromatic heterocycles. The summed E-state index contributed by atoms with van der Waals surface area (Å²) in [5.41, 5.74) is 0.246. The van der Waals surface area contributed by atoms with Gasteiger partial charge in [-0.3, -0.25) is 9.59 Å². The van der Waals surface area contributed by atoms with Gasteiger partial charge < -0.3 is 20.5 Å². The standard InChI is InChI=1S/C33H44N2O5/c1-4-5-6-7-8-9-10-11-12-13-14-15-16-17-18-19-20-21-22-23-31(37)34-27(2)32(38)35-28-24-25-30(36)29(26-28)33(39)40-3/h5-6,8-9,11-12,14-15,17-18,20-21,24-27,36H,4,7,10,13,16,19,22-23H2,1-3H3,(H,34,37)(H,35,38)/b6-5-,9-8-,12-11-,15-14-,18-17-,21-20-. The molecule has 0 radical (unpaired) electrons. The van der Waals surface area contributed by atoms with Crippen LogP contribution in [0.25, 0.3) is 0 Å². The summed E-state index contributed by atoms with van der Waals surface area (Å²) in [5.74, 6) is -1.64. The van der Waals surface area contributed by atoms with Gasteiger partial charge in [0.15, 0.2) is 0 Å². The van der Waals surface area contributed by atoms with E-state index in [2.05, 4.69) is 83.1 Å². The SMILES string of the molecule is CC/C=C\C/C=C\C/C=C\C/C=C\C/C=C\C/C=C\CCC(=O)NC(C)C(=O)Nc1ccc(O)c(C(=O)OC)c1. The summed E-state index contributed by atoms with van der Waals surface area (Å²) in [6, 6.07) is 3.29. The number of rotatable bonds is 18. The number of esters is 1. The van der Waals surface area contributed by atoms with Crippen LogP contribution in [0.5, 0.6) is 5.75 Å². The fourth-order valence-corrected chi connectivity index (χ4v) is 3.37. The Kier molecular flexibility index (Phi) is 18.4. The minimum Gasteiger partial charge on any atom is -0.507 e. The number of amides is 2. The van der Waals surface area contributed by atoms with Gasteiger partial charge in [0.2, 0.25) is 11.8 Å². The molecule has 7 nitrogen and oxygen atoms in total. The van der Waals surface area contributed by atoms with E-state index in [0.29, 0.717) is 12.1 Å². The van der Waals surface area contributed by atoms with Crippen LogP contribution in [0.1, 0.15) is 75.6 Å². The third kappa shape index (κ3) is 16.0. The molecule has 3 N–H and O–H groups in total. The quantitative estimate of drug-likeness (QED) is 0.103. The molecule has 1 rings (SSSR count). The maximum atomic E-state index is 12.4. The number of aromatic hydroxyl groups is 1. The Morgan fingerprint density at radius 3 is 1.82 bits per heavy atom. The highest BCUT2D eigenvalue weighted by molar-refractivity contribution is 5.99. The van der Waals surface area contributed by atoms with Crippen LogP contribution in [0.2, 0.25) is 0 Å². The zero-order valence-electron chi connectivity index (χ0n) is 24.0. The van der Waals surface area contributed by atoms with Crippen molar-refractivity contribution in [2.45, 2.75) is 71.3 Å². The van der Waals surface area contributed by atoms with Crippen molar-refractivity contribution in [1.29, 1.82) is 0 Å². The van der Waals surface area contributed by atoms with Gasteiger partial charge in [-0.15, -0.1) is 0 Å². The number of allylic oxidation sites excluding steroid dienone is 12. The van der Waals surface area contributed by atoms with Crippen LogP contribution in [-0.4, -0.2) is 36.0 Å². The van der Waals surface area contributed by atoms with Crippen LogP contribution in [0.4, 0.5) is 5.69 Å². The zero-order valence-corrected chi connectivity index (χ0v) is 24.0. The Balaban J connectivity index is 2.19. The van der Waals surface area contributed by atoms with Gasteiger partial charge in [0, 0.05) is 12.1 Å². The molecule has 1 aromatic rings. The van der Waals surface area contributed by atoms with Crippen LogP contribution >= 0.6 is 0 Å². The number of anilines is 1. The predicted molar refractivity (Wildman–Crippen MR) is 163 cm³/mol. The van der Waals surface area contributed by atoms with Gasteiger partial charge in [0.25, 0.3) is 0 Å². The van der Waals surface area contributed by atoms with Gasteiger partial charge >= 0.3 is 5.97 Å². The third-order valence-electron chi connectivity index (χ3n) is 5.57. The summed E-state index contributed by atoms with van der Waals surface area (Å²) in [6.07, 6.45) is 32.1. The minimum atomic E-state index is -0.770. The second-order valence-electron chi connectivity index (χ2n) is 8.96. The van der Waals surface area contributed by atoms with Crippen molar-refractivity contribution in [2.75, 3.05) is 12.4 Å². The zero-order chi connectivity index (χ0) is 29.4. The first kappa shape index (κ1) is 33.9. The monoisotopic (exact) mass is 548 g/mol. The highest BCUT2D eigenvalue weighted by atomic mass is 16.5. The molecule has 1 unspecified atom stereocenters. The van der Waals surface area contributed by atoms with Gasteiger partial charge in [0.1, 0.15) is 17.4 Å². The van der Waals surface area contributed by atoms with Crippen molar-refractivity contribution in [3.63, 3.8) is 0 Å². The van der Waals surface area contributed by atoms with Crippen molar-refractivity contribution in [3.8, 4) is 5.75 Å². The van der Waals surface area contributed by atoms with Gasteiger partial charge in [-0.1, -0.05) is 79.8 Å². The van der Waals surface area contributed by atoms with E-state index in [-0.39, 0.29) is 23.6 Å². The molecular formula is C33H44N2O5. The van der Waals surface area contributed by atoms with Gasteiger partial charge in [0.05, 0.1) is 7.11 Å². The topological polar surface area (TPSA) is 105 Å². The molecule has 0 saturated carbocycles. The van der Waals surface area contributed by atoms with Crippen LogP contribution in [0.15, 0.2) is 91.1 Å². The van der Waals surface area contributed by atoms with E-state index in [1.807, 2.05) is 12.2 Å². The summed E-state index contributed by atoms with van der Waals surface area (Å²) >= 11 is 0. The molecule has 0 saturated heterocycles. The molecule has 7 heteroatoms. The highest BCUT2D eigenvalue weighted by Gasteiger charge is 2.17. The largest absolute Gasteiger partial charge is 0.507 e. The molecule has 0 fully saturated rings. The average Bonchev–Trinajstić information content (AvgIpc) is 2.94. The normalized spacial score (nSPS) is 12.9. The number of ether oxygens (including phenoxy) is 1. The number of phenols is 1. The minimum absolute atomic E-state index is 0.0617. The Bertz CT molecular complexity index is 1100. The molecular weight excluding hydrogens is 504 g/mol. The van der Waals surface area contributed by atoms with Crippen LogP contribution in [0.3, 0.4) is 0 Å². The second-order valence-corrected chi connectivity index (χ2v) is 8.96. The lowest BCUT2D eigenvalue weighted by Crippen LogP contribution is -2.41. The fourth-order valence-electron chi connectivity index (χ4n) is 3.37. The predicted octanol–water partition coefficient (Wildman–Crippen LogP) is 7.10. The Morgan fingerprint density at radius 1 is 0.825 bits per heavy atom. The van der Waals surface area contributed by atoms with E-state index < -0.39 is 17.9 Å². The van der Waals surface area contributed by atoms with Crippen LogP contribution in [-0.2, 0) is 14.3 Å². The maximum absolute atomic E-state index is 12.4. The van der Waals surface area contributed by atoms with Crippen LogP contribution in [0, 0.1) is 0 Å². The van der Waals surface area contributed by atoms with E-state index in [1.54, 1.807) is 6.92 Å². The summed E-state index contributed by atoms with van der Waals surface area (Å²) in [5, 5.41) is 15.0. The summed E-state index contributed by atoms with van der Waals surface area (Å²) < 4.78 is 4.61. The molecule has 0 spiro atoms. The second kappa shape index (κ2) is 21.8. The molecule has 0 bridgehead atoms. The number of carbonyl (C=O) groups excluding carboxylic acids is 3. The average molecular weight is 549 g/mol. The summed E-state index contributed by atoms with van der Waals surface area (Å²) in [4.78, 5) is 36.3. The van der Waals surface area contributed by atoms with Crippen molar-refractivity contribution in [3.05, 3.63) is 96.7 Å². The number of phenolic OH excluding ortho intramolecular Hbond substituents is 1. The summed E-state index contributed by atoms with van der Waals surface area (Å²) in [7, 11) is 1.20. The summed E-state index contributed by atoms with van der Waals surface area (Å²) in [6.45, 7) is 3.71. The molecule has 1 atom stereocenters. The first-order valence-electron chi connectivity index (χ1n) is 13.8. The number of nitrogens with one attached hydrogen (secondary N) is 2. The molecule has 2 amide bonds. The molecule has 1 aromatic carbocycles. The first-order valence-corrected chi connectivity index (χ1v) is 13.8. The third-order valence-corrected chi connectivity index (χ3v) is 5.57. The Labute approximate surface area is 239 Å². The fraction of sp³-hybridized carbons (Fsp3) is 0.364. The highest BCUT2D eigenvalue weighted by Crippen LogP contribution is 2.22. The van der Waals surface area contributed by atoms with Gasteiger partial charge in [-0.2, -0.15) is 0 Å². The lowest BCUT2D eigenvalue weighted by Gasteiger charge is -2.14. The molecule has 216 valence electrons. The number of benzene rings is 1. The number of hydrogen-bond acceptors (Lipinski definition) is 5. The van der Waals surface area contributed by atoms with Gasteiger partial charge in [-0.05, 0) is 70.1 Å². The number of methoxy groups -OCH3 is 1. The van der Waals surface area contributed by atoms with Crippen molar-refractivity contribution in [2.24, 2.45) is 0 Å². The molecule has 40 heavy (non-hydrogen) atoms. The molecule has 0 aliphatic heterocycles. The van der Waals surface area contributed by atoms with Crippen molar-refractivity contribution >= 4 is 23.5 Å².